The van der Waals surface area contributed by atoms with E-state index in [1.165, 1.54) is 6.33 Å². The van der Waals surface area contributed by atoms with Crippen LogP contribution in [0.4, 0.5) is 11.5 Å². The first-order chi connectivity index (χ1) is 9.61. The Bertz CT molecular complexity index is 570. The molecule has 20 heavy (non-hydrogen) atoms. The number of rotatable bonds is 6. The van der Waals surface area contributed by atoms with Gasteiger partial charge >= 0.3 is 0 Å². The summed E-state index contributed by atoms with van der Waals surface area (Å²) >= 11 is 0. The molecular formula is C13H19N5O2. The summed E-state index contributed by atoms with van der Waals surface area (Å²) in [5.41, 5.74) is 6.38. The fourth-order valence-electron chi connectivity index (χ4n) is 1.65. The SMILES string of the molecule is CCCOc1ncnc(NC(C)c2ncc(C)o2)c1N. The summed E-state index contributed by atoms with van der Waals surface area (Å²) in [5, 5.41) is 3.14. The molecule has 0 radical (unpaired) electrons. The minimum Gasteiger partial charge on any atom is -0.476 e. The highest BCUT2D eigenvalue weighted by atomic mass is 16.5. The monoisotopic (exact) mass is 277 g/mol. The molecule has 7 heteroatoms. The van der Waals surface area contributed by atoms with E-state index in [0.717, 1.165) is 12.2 Å². The summed E-state index contributed by atoms with van der Waals surface area (Å²) < 4.78 is 10.9. The van der Waals surface area contributed by atoms with E-state index < -0.39 is 0 Å². The summed E-state index contributed by atoms with van der Waals surface area (Å²) in [6, 6.07) is -0.153. The van der Waals surface area contributed by atoms with Crippen LogP contribution in [0.2, 0.25) is 0 Å². The van der Waals surface area contributed by atoms with Crippen molar-refractivity contribution in [3.63, 3.8) is 0 Å². The average molecular weight is 277 g/mol. The molecule has 0 bridgehead atoms. The Kier molecular flexibility index (Phi) is 4.39. The number of nitrogens with zero attached hydrogens (tertiary/aromatic N) is 3. The maximum Gasteiger partial charge on any atom is 0.242 e. The van der Waals surface area contributed by atoms with Crippen LogP contribution in [0.3, 0.4) is 0 Å². The number of hydrogen-bond acceptors (Lipinski definition) is 7. The van der Waals surface area contributed by atoms with E-state index in [1.54, 1.807) is 6.20 Å². The number of oxazole rings is 1. The molecule has 0 aliphatic heterocycles. The predicted octanol–water partition coefficient (Wildman–Crippen LogP) is 2.32. The van der Waals surface area contributed by atoms with E-state index in [0.29, 0.717) is 29.9 Å². The van der Waals surface area contributed by atoms with Gasteiger partial charge in [0.25, 0.3) is 0 Å². The highest BCUT2D eigenvalue weighted by Crippen LogP contribution is 2.27. The summed E-state index contributed by atoms with van der Waals surface area (Å²) in [7, 11) is 0. The fourth-order valence-corrected chi connectivity index (χ4v) is 1.65. The van der Waals surface area contributed by atoms with Crippen LogP contribution < -0.4 is 15.8 Å². The minimum atomic E-state index is -0.153. The molecule has 7 nitrogen and oxygen atoms in total. The molecule has 3 N–H and O–H groups in total. The third-order valence-electron chi connectivity index (χ3n) is 2.65. The number of aryl methyl sites for hydroxylation is 1. The zero-order valence-corrected chi connectivity index (χ0v) is 11.9. The second-order valence-corrected chi connectivity index (χ2v) is 4.46. The zero-order valence-electron chi connectivity index (χ0n) is 11.9. The van der Waals surface area contributed by atoms with Gasteiger partial charge in [-0.05, 0) is 20.3 Å². The van der Waals surface area contributed by atoms with Gasteiger partial charge in [-0.25, -0.2) is 9.97 Å². The van der Waals surface area contributed by atoms with Crippen molar-refractivity contribution in [3.05, 3.63) is 24.2 Å². The smallest absolute Gasteiger partial charge is 0.242 e. The van der Waals surface area contributed by atoms with Crippen LogP contribution in [0, 0.1) is 6.92 Å². The van der Waals surface area contributed by atoms with Crippen LogP contribution in [-0.2, 0) is 0 Å². The van der Waals surface area contributed by atoms with Crippen molar-refractivity contribution in [2.24, 2.45) is 0 Å². The minimum absolute atomic E-state index is 0.153. The lowest BCUT2D eigenvalue weighted by Crippen LogP contribution is -2.12. The predicted molar refractivity (Wildman–Crippen MR) is 75.5 cm³/mol. The van der Waals surface area contributed by atoms with Crippen molar-refractivity contribution in [3.8, 4) is 5.88 Å². The Morgan fingerprint density at radius 2 is 2.20 bits per heavy atom. The lowest BCUT2D eigenvalue weighted by Gasteiger charge is -2.14. The van der Waals surface area contributed by atoms with Crippen LogP contribution in [0.1, 0.15) is 38.0 Å². The van der Waals surface area contributed by atoms with Gasteiger partial charge in [-0.2, -0.15) is 4.98 Å². The molecule has 1 unspecified atom stereocenters. The molecule has 108 valence electrons. The number of nitrogens with one attached hydrogen (secondary N) is 1. The molecule has 0 aliphatic carbocycles. The second kappa shape index (κ2) is 6.23. The molecule has 2 rings (SSSR count). The largest absolute Gasteiger partial charge is 0.476 e. The van der Waals surface area contributed by atoms with Crippen LogP contribution in [0.15, 0.2) is 16.9 Å². The third kappa shape index (κ3) is 3.17. The van der Waals surface area contributed by atoms with Crippen molar-refractivity contribution >= 4 is 11.5 Å². The number of nitrogens with two attached hydrogens (primary N) is 1. The standard InChI is InChI=1S/C13H19N5O2/c1-4-5-19-13-10(14)11(16-7-17-13)18-9(3)12-15-6-8(2)20-12/h6-7,9H,4-5,14H2,1-3H3,(H,16,17,18). The van der Waals surface area contributed by atoms with E-state index in [1.807, 2.05) is 20.8 Å². The lowest BCUT2D eigenvalue weighted by atomic mass is 10.3. The molecule has 0 saturated heterocycles. The van der Waals surface area contributed by atoms with Crippen LogP contribution in [-0.4, -0.2) is 21.6 Å². The normalized spacial score (nSPS) is 12.2. The van der Waals surface area contributed by atoms with Crippen LogP contribution in [0.25, 0.3) is 0 Å². The molecule has 0 amide bonds. The van der Waals surface area contributed by atoms with Gasteiger partial charge in [0.1, 0.15) is 23.8 Å². The Labute approximate surface area is 117 Å². The van der Waals surface area contributed by atoms with Crippen molar-refractivity contribution in [1.82, 2.24) is 15.0 Å². The van der Waals surface area contributed by atoms with E-state index in [2.05, 4.69) is 20.3 Å². The number of aromatic nitrogens is 3. The molecule has 0 saturated carbocycles. The molecule has 0 aliphatic rings. The van der Waals surface area contributed by atoms with Crippen LogP contribution in [0.5, 0.6) is 5.88 Å². The maximum atomic E-state index is 5.99. The molecule has 0 spiro atoms. The van der Waals surface area contributed by atoms with Crippen molar-refractivity contribution in [2.45, 2.75) is 33.2 Å². The number of hydrogen-bond donors (Lipinski definition) is 2. The van der Waals surface area contributed by atoms with Gasteiger partial charge in [-0.1, -0.05) is 6.92 Å². The molecule has 2 aromatic heterocycles. The highest BCUT2D eigenvalue weighted by Gasteiger charge is 2.15. The third-order valence-corrected chi connectivity index (χ3v) is 2.65. The van der Waals surface area contributed by atoms with Gasteiger partial charge in [0.05, 0.1) is 12.8 Å². The van der Waals surface area contributed by atoms with Crippen molar-refractivity contribution < 1.29 is 9.15 Å². The Hall–Kier alpha value is -2.31. The van der Waals surface area contributed by atoms with Crippen molar-refractivity contribution in [1.29, 1.82) is 0 Å². The quantitative estimate of drug-likeness (QED) is 0.835. The second-order valence-electron chi connectivity index (χ2n) is 4.46. The molecule has 1 atom stereocenters. The summed E-state index contributed by atoms with van der Waals surface area (Å²) in [6.07, 6.45) is 3.97. The van der Waals surface area contributed by atoms with E-state index in [4.69, 9.17) is 14.9 Å². The number of nitrogen functional groups attached to an aromatic ring is 1. The maximum absolute atomic E-state index is 5.99. The Morgan fingerprint density at radius 3 is 2.85 bits per heavy atom. The van der Waals surface area contributed by atoms with Gasteiger partial charge in [-0.15, -0.1) is 0 Å². The molecular weight excluding hydrogens is 258 g/mol. The first-order valence-corrected chi connectivity index (χ1v) is 6.54. The van der Waals surface area contributed by atoms with E-state index >= 15 is 0 Å². The van der Waals surface area contributed by atoms with Gasteiger partial charge in [-0.3, -0.25) is 0 Å². The van der Waals surface area contributed by atoms with Crippen molar-refractivity contribution in [2.75, 3.05) is 17.7 Å². The lowest BCUT2D eigenvalue weighted by molar-refractivity contribution is 0.306. The Balaban J connectivity index is 2.12. The summed E-state index contributed by atoms with van der Waals surface area (Å²) in [4.78, 5) is 12.3. The number of anilines is 2. The average Bonchev–Trinajstić information content (AvgIpc) is 2.86. The fraction of sp³-hybridized carbons (Fsp3) is 0.462. The zero-order chi connectivity index (χ0) is 14.5. The first-order valence-electron chi connectivity index (χ1n) is 6.54. The molecule has 2 heterocycles. The van der Waals surface area contributed by atoms with Gasteiger partial charge in [0, 0.05) is 0 Å². The van der Waals surface area contributed by atoms with Gasteiger partial charge in [0.15, 0.2) is 5.82 Å². The molecule has 0 fully saturated rings. The Morgan fingerprint density at radius 1 is 1.40 bits per heavy atom. The molecule has 2 aromatic rings. The van der Waals surface area contributed by atoms with Gasteiger partial charge < -0.3 is 20.2 Å². The number of ether oxygens (including phenoxy) is 1. The first kappa shape index (κ1) is 14.1. The van der Waals surface area contributed by atoms with Gasteiger partial charge in [0.2, 0.25) is 11.8 Å². The summed E-state index contributed by atoms with van der Waals surface area (Å²) in [5.74, 6) is 2.24. The highest BCUT2D eigenvalue weighted by molar-refractivity contribution is 5.66. The van der Waals surface area contributed by atoms with E-state index in [-0.39, 0.29) is 6.04 Å². The van der Waals surface area contributed by atoms with E-state index in [9.17, 15) is 0 Å². The van der Waals surface area contributed by atoms with Crippen LogP contribution >= 0.6 is 0 Å². The topological polar surface area (TPSA) is 99.1 Å². The summed E-state index contributed by atoms with van der Waals surface area (Å²) in [6.45, 7) is 6.34. The molecule has 0 aromatic carbocycles.